The summed E-state index contributed by atoms with van der Waals surface area (Å²) in [6.45, 7) is 3.07. The third-order valence-electron chi connectivity index (χ3n) is 4.26. The first-order valence-electron chi connectivity index (χ1n) is 9.06. The van der Waals surface area contributed by atoms with Crippen LogP contribution in [0, 0.1) is 0 Å². The molecule has 1 aromatic carbocycles. The summed E-state index contributed by atoms with van der Waals surface area (Å²) < 4.78 is 9.63. The van der Waals surface area contributed by atoms with Crippen molar-refractivity contribution in [2.24, 2.45) is 5.73 Å². The summed E-state index contributed by atoms with van der Waals surface area (Å²) in [5, 5.41) is 10.8. The number of thiophene rings is 1. The fraction of sp³-hybridized carbons (Fsp3) is 0.263. The molecule has 0 aliphatic rings. The van der Waals surface area contributed by atoms with Crippen molar-refractivity contribution in [3.63, 3.8) is 0 Å². The number of hydrogen-bond donors (Lipinski definition) is 1. The number of hydrogen-bond acceptors (Lipinski definition) is 7. The summed E-state index contributed by atoms with van der Waals surface area (Å²) in [6.07, 6.45) is 0.943. The van der Waals surface area contributed by atoms with Gasteiger partial charge >= 0.3 is 0 Å². The van der Waals surface area contributed by atoms with Crippen molar-refractivity contribution in [2.45, 2.75) is 25.0 Å². The van der Waals surface area contributed by atoms with E-state index in [1.807, 2.05) is 35.7 Å². The third kappa shape index (κ3) is 3.85. The summed E-state index contributed by atoms with van der Waals surface area (Å²) in [4.78, 5) is 24.3. The molecular weight excluding hydrogens is 410 g/mol. The fourth-order valence-electron chi connectivity index (χ4n) is 2.97. The van der Waals surface area contributed by atoms with Gasteiger partial charge in [0.25, 0.3) is 5.56 Å². The van der Waals surface area contributed by atoms with Crippen LogP contribution in [0.5, 0.6) is 5.75 Å². The second-order valence-corrected chi connectivity index (χ2v) is 8.25. The molecule has 3 aromatic heterocycles. The van der Waals surface area contributed by atoms with Crippen molar-refractivity contribution in [3.05, 3.63) is 51.6 Å². The van der Waals surface area contributed by atoms with E-state index in [2.05, 4.69) is 17.1 Å². The summed E-state index contributed by atoms with van der Waals surface area (Å²) >= 11 is 2.57. The molecule has 0 aliphatic carbocycles. The standard InChI is InChI=1S/C19H19N5O3S2/c1-2-8-27-13-5-3-12(4-6-13)10-23-17(26)16-14(7-9-28-16)24-18(23)21-22-19(24)29-11-15(20)25/h3-7,9H,2,8,10-11H2,1H3,(H2,20,25). The molecule has 2 N–H and O–H groups in total. The Kier molecular flexibility index (Phi) is 5.54. The zero-order valence-electron chi connectivity index (χ0n) is 15.7. The molecule has 3 heterocycles. The van der Waals surface area contributed by atoms with Gasteiger partial charge in [-0.15, -0.1) is 21.5 Å². The van der Waals surface area contributed by atoms with Gasteiger partial charge in [0.05, 0.1) is 24.4 Å². The number of rotatable bonds is 8. The van der Waals surface area contributed by atoms with Crippen LogP contribution in [0.2, 0.25) is 0 Å². The van der Waals surface area contributed by atoms with E-state index in [0.717, 1.165) is 23.3 Å². The van der Waals surface area contributed by atoms with Crippen LogP contribution in [-0.4, -0.2) is 37.4 Å². The van der Waals surface area contributed by atoms with Crippen LogP contribution in [0.15, 0.2) is 45.7 Å². The van der Waals surface area contributed by atoms with Gasteiger partial charge in [0, 0.05) is 0 Å². The van der Waals surface area contributed by atoms with E-state index < -0.39 is 5.91 Å². The van der Waals surface area contributed by atoms with E-state index in [9.17, 15) is 9.59 Å². The van der Waals surface area contributed by atoms with E-state index >= 15 is 0 Å². The lowest BCUT2D eigenvalue weighted by molar-refractivity contribution is -0.115. The van der Waals surface area contributed by atoms with Gasteiger partial charge in [0.1, 0.15) is 10.4 Å². The molecule has 8 nitrogen and oxygen atoms in total. The molecule has 0 aliphatic heterocycles. The van der Waals surface area contributed by atoms with Crippen LogP contribution in [0.25, 0.3) is 16.0 Å². The number of nitrogens with zero attached hydrogens (tertiary/aromatic N) is 4. The first-order chi connectivity index (χ1) is 14.1. The lowest BCUT2D eigenvalue weighted by Crippen LogP contribution is -2.23. The Hall–Kier alpha value is -2.85. The minimum atomic E-state index is -0.438. The summed E-state index contributed by atoms with van der Waals surface area (Å²) in [5.41, 5.74) is 6.82. The average Bonchev–Trinajstić information content (AvgIpc) is 3.35. The molecule has 1 amide bonds. The highest BCUT2D eigenvalue weighted by atomic mass is 32.2. The predicted molar refractivity (Wildman–Crippen MR) is 114 cm³/mol. The van der Waals surface area contributed by atoms with Gasteiger partial charge in [0.2, 0.25) is 11.7 Å². The maximum absolute atomic E-state index is 13.1. The van der Waals surface area contributed by atoms with Crippen LogP contribution in [0.3, 0.4) is 0 Å². The maximum Gasteiger partial charge on any atom is 0.273 e. The number of amides is 1. The molecular formula is C19H19N5O3S2. The Morgan fingerprint density at radius 2 is 2.03 bits per heavy atom. The van der Waals surface area contributed by atoms with Crippen molar-refractivity contribution in [3.8, 4) is 5.75 Å². The molecule has 150 valence electrons. The van der Waals surface area contributed by atoms with Gasteiger partial charge in [-0.2, -0.15) is 0 Å². The van der Waals surface area contributed by atoms with E-state index in [1.54, 1.807) is 8.97 Å². The molecule has 0 unspecified atom stereocenters. The molecule has 0 atom stereocenters. The zero-order chi connectivity index (χ0) is 20.4. The van der Waals surface area contributed by atoms with Gasteiger partial charge in [-0.05, 0) is 35.6 Å². The van der Waals surface area contributed by atoms with Gasteiger partial charge in [-0.1, -0.05) is 30.8 Å². The lowest BCUT2D eigenvalue weighted by atomic mass is 10.2. The van der Waals surface area contributed by atoms with E-state index in [-0.39, 0.29) is 11.3 Å². The van der Waals surface area contributed by atoms with Crippen molar-refractivity contribution >= 4 is 45.0 Å². The first kappa shape index (κ1) is 19.5. The Balaban J connectivity index is 1.76. The van der Waals surface area contributed by atoms with Crippen LogP contribution >= 0.6 is 23.1 Å². The molecule has 0 spiro atoms. The zero-order valence-corrected chi connectivity index (χ0v) is 17.3. The average molecular weight is 430 g/mol. The van der Waals surface area contributed by atoms with Crippen molar-refractivity contribution in [1.29, 1.82) is 0 Å². The van der Waals surface area contributed by atoms with Crippen molar-refractivity contribution < 1.29 is 9.53 Å². The maximum atomic E-state index is 13.1. The smallest absolute Gasteiger partial charge is 0.273 e. The summed E-state index contributed by atoms with van der Waals surface area (Å²) in [5.74, 6) is 0.880. The van der Waals surface area contributed by atoms with Gasteiger partial charge < -0.3 is 10.5 Å². The second-order valence-electron chi connectivity index (χ2n) is 6.39. The molecule has 29 heavy (non-hydrogen) atoms. The fourth-order valence-corrected chi connectivity index (χ4v) is 4.47. The Labute approximate surface area is 174 Å². The topological polar surface area (TPSA) is 105 Å². The van der Waals surface area contributed by atoms with E-state index in [0.29, 0.717) is 28.8 Å². The summed E-state index contributed by atoms with van der Waals surface area (Å²) in [7, 11) is 0. The van der Waals surface area contributed by atoms with Crippen LogP contribution in [-0.2, 0) is 11.3 Å². The molecule has 4 aromatic rings. The molecule has 10 heteroatoms. The van der Waals surface area contributed by atoms with E-state index in [4.69, 9.17) is 10.5 Å². The lowest BCUT2D eigenvalue weighted by Gasteiger charge is -2.10. The number of fused-ring (bicyclic) bond motifs is 3. The minimum Gasteiger partial charge on any atom is -0.494 e. The molecule has 4 rings (SSSR count). The number of carbonyl (C=O) groups excluding carboxylic acids is 1. The Morgan fingerprint density at radius 1 is 1.24 bits per heavy atom. The largest absolute Gasteiger partial charge is 0.494 e. The molecule has 0 saturated heterocycles. The Bertz CT molecular complexity index is 1230. The quantitative estimate of drug-likeness (QED) is 0.432. The van der Waals surface area contributed by atoms with Crippen LogP contribution < -0.4 is 16.0 Å². The van der Waals surface area contributed by atoms with Crippen molar-refractivity contribution in [2.75, 3.05) is 12.4 Å². The van der Waals surface area contributed by atoms with Gasteiger partial charge in [0.15, 0.2) is 5.16 Å². The minimum absolute atomic E-state index is 0.0881. The normalized spacial score (nSPS) is 11.3. The van der Waals surface area contributed by atoms with Crippen LogP contribution in [0.1, 0.15) is 18.9 Å². The molecule has 0 radical (unpaired) electrons. The molecule has 0 saturated carbocycles. The first-order valence-corrected chi connectivity index (χ1v) is 10.9. The molecule has 0 fully saturated rings. The number of nitrogens with two attached hydrogens (primary N) is 1. The van der Waals surface area contributed by atoms with Crippen LogP contribution in [0.4, 0.5) is 0 Å². The number of aromatic nitrogens is 4. The van der Waals surface area contributed by atoms with Gasteiger partial charge in [-0.3, -0.25) is 18.6 Å². The monoisotopic (exact) mass is 429 g/mol. The van der Waals surface area contributed by atoms with Crippen molar-refractivity contribution in [1.82, 2.24) is 19.2 Å². The highest BCUT2D eigenvalue weighted by Gasteiger charge is 2.18. The predicted octanol–water partition coefficient (Wildman–Crippen LogP) is 2.52. The number of thioether (sulfide) groups is 1. The number of primary amides is 1. The SMILES string of the molecule is CCCOc1ccc(Cn2c(=O)c3sccc3n3c(SCC(N)=O)nnc23)cc1. The number of benzene rings is 1. The Morgan fingerprint density at radius 3 is 2.76 bits per heavy atom. The number of ether oxygens (including phenoxy) is 1. The highest BCUT2D eigenvalue weighted by molar-refractivity contribution is 7.99. The number of carbonyl (C=O) groups is 1. The third-order valence-corrected chi connectivity index (χ3v) is 6.11. The summed E-state index contributed by atoms with van der Waals surface area (Å²) in [6, 6.07) is 9.53. The molecule has 0 bridgehead atoms. The highest BCUT2D eigenvalue weighted by Crippen LogP contribution is 2.24. The second kappa shape index (κ2) is 8.26. The van der Waals surface area contributed by atoms with Gasteiger partial charge in [-0.25, -0.2) is 0 Å². The van der Waals surface area contributed by atoms with E-state index in [1.165, 1.54) is 23.1 Å².